The van der Waals surface area contributed by atoms with Crippen LogP contribution in [0.3, 0.4) is 0 Å². The first-order chi connectivity index (χ1) is 8.33. The molecule has 0 radical (unpaired) electrons. The molecular formula is C15H10ClN. The van der Waals surface area contributed by atoms with Crippen LogP contribution in [0.25, 0.3) is 22.0 Å². The zero-order chi connectivity index (χ0) is 11.7. The van der Waals surface area contributed by atoms with E-state index in [-0.39, 0.29) is 0 Å². The molecular weight excluding hydrogens is 230 g/mol. The fourth-order valence-corrected chi connectivity index (χ4v) is 2.00. The van der Waals surface area contributed by atoms with Crippen LogP contribution in [0.1, 0.15) is 0 Å². The van der Waals surface area contributed by atoms with E-state index in [2.05, 4.69) is 17.1 Å². The molecule has 0 bridgehead atoms. The van der Waals surface area contributed by atoms with E-state index < -0.39 is 0 Å². The van der Waals surface area contributed by atoms with Gasteiger partial charge >= 0.3 is 0 Å². The lowest BCUT2D eigenvalue weighted by molar-refractivity contribution is 1.41. The van der Waals surface area contributed by atoms with Crippen molar-refractivity contribution in [3.63, 3.8) is 0 Å². The summed E-state index contributed by atoms with van der Waals surface area (Å²) < 4.78 is 0. The second-order valence-electron chi connectivity index (χ2n) is 3.92. The molecule has 0 N–H and O–H groups in total. The number of rotatable bonds is 1. The van der Waals surface area contributed by atoms with Crippen LogP contribution in [0.2, 0.25) is 5.02 Å². The molecule has 0 fully saturated rings. The molecule has 0 aliphatic rings. The topological polar surface area (TPSA) is 12.9 Å². The summed E-state index contributed by atoms with van der Waals surface area (Å²) >= 11 is 5.88. The molecule has 0 aliphatic heterocycles. The number of fused-ring (bicyclic) bond motifs is 1. The van der Waals surface area contributed by atoms with Gasteiger partial charge < -0.3 is 0 Å². The van der Waals surface area contributed by atoms with E-state index in [0.29, 0.717) is 0 Å². The predicted octanol–water partition coefficient (Wildman–Crippen LogP) is 4.56. The van der Waals surface area contributed by atoms with Gasteiger partial charge in [-0.15, -0.1) is 0 Å². The first-order valence-electron chi connectivity index (χ1n) is 5.44. The average molecular weight is 240 g/mol. The average Bonchev–Trinajstić information content (AvgIpc) is 2.39. The summed E-state index contributed by atoms with van der Waals surface area (Å²) in [5, 5.41) is 1.91. The normalized spacial score (nSPS) is 10.6. The summed E-state index contributed by atoms with van der Waals surface area (Å²) in [6.45, 7) is 0. The number of halogens is 1. The number of pyridine rings is 1. The smallest absolute Gasteiger partial charge is 0.0702 e. The van der Waals surface area contributed by atoms with Crippen molar-refractivity contribution in [1.29, 1.82) is 0 Å². The lowest BCUT2D eigenvalue weighted by Gasteiger charge is -2.03. The third-order valence-electron chi connectivity index (χ3n) is 2.77. The van der Waals surface area contributed by atoms with Crippen LogP contribution < -0.4 is 0 Å². The van der Waals surface area contributed by atoms with E-state index in [0.717, 1.165) is 27.1 Å². The Labute approximate surface area is 105 Å². The van der Waals surface area contributed by atoms with Crippen molar-refractivity contribution in [3.05, 3.63) is 65.8 Å². The lowest BCUT2D eigenvalue weighted by atomic mass is 10.1. The maximum Gasteiger partial charge on any atom is 0.0702 e. The Hall–Kier alpha value is -1.86. The van der Waals surface area contributed by atoms with E-state index in [1.807, 2.05) is 48.7 Å². The fourth-order valence-electron chi connectivity index (χ4n) is 1.87. The molecule has 1 heterocycles. The van der Waals surface area contributed by atoms with Crippen LogP contribution >= 0.6 is 11.6 Å². The Morgan fingerprint density at radius 3 is 2.41 bits per heavy atom. The van der Waals surface area contributed by atoms with Gasteiger partial charge in [0, 0.05) is 22.2 Å². The highest BCUT2D eigenvalue weighted by Crippen LogP contribution is 2.23. The van der Waals surface area contributed by atoms with E-state index in [1.165, 1.54) is 0 Å². The summed E-state index contributed by atoms with van der Waals surface area (Å²) in [6.07, 6.45) is 1.89. The Morgan fingerprint density at radius 2 is 1.59 bits per heavy atom. The molecule has 0 unspecified atom stereocenters. The summed E-state index contributed by atoms with van der Waals surface area (Å²) in [5.74, 6) is 0. The molecule has 2 heteroatoms. The van der Waals surface area contributed by atoms with Crippen LogP contribution in [0, 0.1) is 0 Å². The quantitative estimate of drug-likeness (QED) is 0.607. The number of para-hydroxylation sites is 1. The molecule has 0 aliphatic carbocycles. The van der Waals surface area contributed by atoms with Gasteiger partial charge in [-0.1, -0.05) is 41.9 Å². The molecule has 1 aromatic heterocycles. The van der Waals surface area contributed by atoms with Crippen LogP contribution in [0.4, 0.5) is 0 Å². The zero-order valence-electron chi connectivity index (χ0n) is 9.10. The molecule has 0 saturated carbocycles. The third kappa shape index (κ3) is 2.02. The van der Waals surface area contributed by atoms with Gasteiger partial charge in [-0.3, -0.25) is 4.98 Å². The summed E-state index contributed by atoms with van der Waals surface area (Å²) in [4.78, 5) is 4.45. The van der Waals surface area contributed by atoms with Crippen LogP contribution in [-0.4, -0.2) is 4.98 Å². The largest absolute Gasteiger partial charge is 0.256 e. The minimum Gasteiger partial charge on any atom is -0.256 e. The Balaban J connectivity index is 2.14. The van der Waals surface area contributed by atoms with Gasteiger partial charge in [-0.2, -0.15) is 0 Å². The summed E-state index contributed by atoms with van der Waals surface area (Å²) in [7, 11) is 0. The molecule has 17 heavy (non-hydrogen) atoms. The Morgan fingerprint density at radius 1 is 0.824 bits per heavy atom. The van der Waals surface area contributed by atoms with E-state index >= 15 is 0 Å². The van der Waals surface area contributed by atoms with Crippen molar-refractivity contribution < 1.29 is 0 Å². The van der Waals surface area contributed by atoms with Crippen molar-refractivity contribution in [1.82, 2.24) is 4.98 Å². The fraction of sp³-hybridized carbons (Fsp3) is 0. The van der Waals surface area contributed by atoms with Crippen molar-refractivity contribution in [2.75, 3.05) is 0 Å². The monoisotopic (exact) mass is 239 g/mol. The van der Waals surface area contributed by atoms with Gasteiger partial charge in [0.05, 0.1) is 5.52 Å². The first-order valence-corrected chi connectivity index (χ1v) is 5.81. The molecule has 0 amide bonds. The number of aromatic nitrogens is 1. The number of benzene rings is 2. The molecule has 2 aromatic carbocycles. The molecule has 0 spiro atoms. The van der Waals surface area contributed by atoms with Gasteiger partial charge in [0.1, 0.15) is 0 Å². The van der Waals surface area contributed by atoms with Gasteiger partial charge in [0.2, 0.25) is 0 Å². The zero-order valence-corrected chi connectivity index (χ0v) is 9.85. The van der Waals surface area contributed by atoms with Crippen molar-refractivity contribution in [2.24, 2.45) is 0 Å². The van der Waals surface area contributed by atoms with Gasteiger partial charge in [0.15, 0.2) is 0 Å². The minimum atomic E-state index is 0.752. The third-order valence-corrected chi connectivity index (χ3v) is 3.02. The SMILES string of the molecule is Clc1ccc(-c2cnc3ccccc3c2)cc1. The molecule has 0 saturated heterocycles. The molecule has 3 aromatic rings. The van der Waals surface area contributed by atoms with Crippen LogP contribution in [0.15, 0.2) is 60.8 Å². The standard InChI is InChI=1S/C15H10ClN/c16-14-7-5-11(6-8-14)13-9-12-3-1-2-4-15(12)17-10-13/h1-10H. The summed E-state index contributed by atoms with van der Waals surface area (Å²) in [6, 6.07) is 18.1. The molecule has 1 nitrogen and oxygen atoms in total. The molecule has 3 rings (SSSR count). The maximum atomic E-state index is 5.88. The highest BCUT2D eigenvalue weighted by atomic mass is 35.5. The molecule has 82 valence electrons. The molecule has 0 atom stereocenters. The van der Waals surface area contributed by atoms with E-state index in [9.17, 15) is 0 Å². The first kappa shape index (κ1) is 10.3. The number of hydrogen-bond acceptors (Lipinski definition) is 1. The second-order valence-corrected chi connectivity index (χ2v) is 4.36. The highest BCUT2D eigenvalue weighted by Gasteiger charge is 2.00. The van der Waals surface area contributed by atoms with Crippen LogP contribution in [-0.2, 0) is 0 Å². The maximum absolute atomic E-state index is 5.88. The lowest BCUT2D eigenvalue weighted by Crippen LogP contribution is -1.82. The van der Waals surface area contributed by atoms with Gasteiger partial charge in [0.25, 0.3) is 0 Å². The van der Waals surface area contributed by atoms with E-state index in [4.69, 9.17) is 11.6 Å². The van der Waals surface area contributed by atoms with E-state index in [1.54, 1.807) is 0 Å². The van der Waals surface area contributed by atoms with Crippen molar-refractivity contribution >= 4 is 22.5 Å². The Bertz CT molecular complexity index is 659. The van der Waals surface area contributed by atoms with Crippen molar-refractivity contribution in [2.45, 2.75) is 0 Å². The second kappa shape index (κ2) is 4.19. The predicted molar refractivity (Wildman–Crippen MR) is 72.2 cm³/mol. The van der Waals surface area contributed by atoms with Gasteiger partial charge in [-0.05, 0) is 29.8 Å². The number of nitrogens with zero attached hydrogens (tertiary/aromatic N) is 1. The minimum absolute atomic E-state index is 0.752. The van der Waals surface area contributed by atoms with Gasteiger partial charge in [-0.25, -0.2) is 0 Å². The number of hydrogen-bond donors (Lipinski definition) is 0. The van der Waals surface area contributed by atoms with Crippen LogP contribution in [0.5, 0.6) is 0 Å². The highest BCUT2D eigenvalue weighted by molar-refractivity contribution is 6.30. The summed E-state index contributed by atoms with van der Waals surface area (Å²) in [5.41, 5.74) is 3.26. The van der Waals surface area contributed by atoms with Crippen molar-refractivity contribution in [3.8, 4) is 11.1 Å². The Kier molecular flexibility index (Phi) is 2.54.